The standard InChI is InChI=1S/C10H13NO/c1-12-11-10-7-6-8-4-2-3-5-9(8)10/h2-5,10-11H,6-7H2,1H3. The Labute approximate surface area is 72.5 Å². The lowest BCUT2D eigenvalue weighted by Gasteiger charge is -2.10. The van der Waals surface area contributed by atoms with Crippen LogP contribution in [-0.4, -0.2) is 7.11 Å². The Hall–Kier alpha value is -0.860. The molecule has 0 heterocycles. The van der Waals surface area contributed by atoms with Crippen molar-refractivity contribution >= 4 is 0 Å². The van der Waals surface area contributed by atoms with E-state index in [4.69, 9.17) is 4.84 Å². The van der Waals surface area contributed by atoms with Gasteiger partial charge in [0.15, 0.2) is 0 Å². The summed E-state index contributed by atoms with van der Waals surface area (Å²) in [6.45, 7) is 0. The van der Waals surface area contributed by atoms with Crippen molar-refractivity contribution in [2.75, 3.05) is 7.11 Å². The molecular weight excluding hydrogens is 150 g/mol. The monoisotopic (exact) mass is 163 g/mol. The van der Waals surface area contributed by atoms with Crippen molar-refractivity contribution in [2.45, 2.75) is 18.9 Å². The minimum absolute atomic E-state index is 0.395. The lowest BCUT2D eigenvalue weighted by Crippen LogP contribution is -2.17. The summed E-state index contributed by atoms with van der Waals surface area (Å²) in [4.78, 5) is 4.93. The normalized spacial score (nSPS) is 20.9. The summed E-state index contributed by atoms with van der Waals surface area (Å²) in [5, 5.41) is 0. The molecule has 0 fully saturated rings. The van der Waals surface area contributed by atoms with Crippen molar-refractivity contribution in [3.63, 3.8) is 0 Å². The second-order valence-electron chi connectivity index (χ2n) is 3.11. The second kappa shape index (κ2) is 3.25. The van der Waals surface area contributed by atoms with Crippen LogP contribution in [0, 0.1) is 0 Å². The third kappa shape index (κ3) is 1.24. The molecule has 1 aromatic rings. The van der Waals surface area contributed by atoms with Gasteiger partial charge in [-0.05, 0) is 24.0 Å². The van der Waals surface area contributed by atoms with Crippen LogP contribution in [0.1, 0.15) is 23.6 Å². The van der Waals surface area contributed by atoms with Crippen molar-refractivity contribution in [3.8, 4) is 0 Å². The molecule has 64 valence electrons. The Morgan fingerprint density at radius 2 is 2.25 bits per heavy atom. The maximum atomic E-state index is 4.93. The van der Waals surface area contributed by atoms with Crippen molar-refractivity contribution in [1.29, 1.82) is 0 Å². The topological polar surface area (TPSA) is 21.3 Å². The van der Waals surface area contributed by atoms with Gasteiger partial charge in [0.05, 0.1) is 13.2 Å². The molecule has 1 unspecified atom stereocenters. The van der Waals surface area contributed by atoms with Crippen molar-refractivity contribution in [1.82, 2.24) is 5.48 Å². The smallest absolute Gasteiger partial charge is 0.0577 e. The van der Waals surface area contributed by atoms with E-state index in [-0.39, 0.29) is 0 Å². The summed E-state index contributed by atoms with van der Waals surface area (Å²) in [6.07, 6.45) is 2.31. The zero-order valence-electron chi connectivity index (χ0n) is 7.21. The van der Waals surface area contributed by atoms with Crippen LogP contribution in [0.3, 0.4) is 0 Å². The maximum absolute atomic E-state index is 4.93. The van der Waals surface area contributed by atoms with Crippen LogP contribution >= 0.6 is 0 Å². The van der Waals surface area contributed by atoms with Gasteiger partial charge in [0.25, 0.3) is 0 Å². The lowest BCUT2D eigenvalue weighted by atomic mass is 10.1. The van der Waals surface area contributed by atoms with Gasteiger partial charge in [-0.15, -0.1) is 0 Å². The van der Waals surface area contributed by atoms with E-state index in [2.05, 4.69) is 29.7 Å². The van der Waals surface area contributed by atoms with Gasteiger partial charge in [0.1, 0.15) is 0 Å². The molecule has 0 saturated heterocycles. The van der Waals surface area contributed by atoms with Gasteiger partial charge in [-0.2, -0.15) is 5.48 Å². The molecule has 1 aliphatic carbocycles. The number of hydrogen-bond donors (Lipinski definition) is 1. The van der Waals surface area contributed by atoms with E-state index in [1.165, 1.54) is 11.1 Å². The van der Waals surface area contributed by atoms with Crippen LogP contribution in [0.2, 0.25) is 0 Å². The SMILES string of the molecule is CONC1CCc2ccccc21. The Morgan fingerprint density at radius 3 is 3.08 bits per heavy atom. The molecule has 0 saturated carbocycles. The van der Waals surface area contributed by atoms with Crippen LogP contribution in [-0.2, 0) is 11.3 Å². The fourth-order valence-corrected chi connectivity index (χ4v) is 1.82. The summed E-state index contributed by atoms with van der Waals surface area (Å²) in [6, 6.07) is 8.92. The van der Waals surface area contributed by atoms with Gasteiger partial charge in [0, 0.05) is 0 Å². The molecule has 2 rings (SSSR count). The zero-order chi connectivity index (χ0) is 8.39. The predicted octanol–water partition coefficient (Wildman–Crippen LogP) is 1.82. The molecule has 0 radical (unpaired) electrons. The fourth-order valence-electron chi connectivity index (χ4n) is 1.82. The van der Waals surface area contributed by atoms with Gasteiger partial charge in [-0.1, -0.05) is 24.3 Å². The first-order valence-electron chi connectivity index (χ1n) is 4.28. The minimum Gasteiger partial charge on any atom is -0.305 e. The molecule has 1 aliphatic rings. The van der Waals surface area contributed by atoms with E-state index < -0.39 is 0 Å². The van der Waals surface area contributed by atoms with Crippen molar-refractivity contribution < 1.29 is 4.84 Å². The van der Waals surface area contributed by atoms with Gasteiger partial charge < -0.3 is 4.84 Å². The highest BCUT2D eigenvalue weighted by Crippen LogP contribution is 2.30. The Morgan fingerprint density at radius 1 is 1.42 bits per heavy atom. The summed E-state index contributed by atoms with van der Waals surface area (Å²) >= 11 is 0. The first-order valence-corrected chi connectivity index (χ1v) is 4.28. The molecular formula is C10H13NO. The molecule has 2 heteroatoms. The maximum Gasteiger partial charge on any atom is 0.0577 e. The Balaban J connectivity index is 2.24. The third-order valence-electron chi connectivity index (χ3n) is 2.39. The molecule has 1 N–H and O–H groups in total. The van der Waals surface area contributed by atoms with E-state index in [0.29, 0.717) is 6.04 Å². The average molecular weight is 163 g/mol. The zero-order valence-corrected chi connectivity index (χ0v) is 7.21. The van der Waals surface area contributed by atoms with Crippen molar-refractivity contribution in [2.24, 2.45) is 0 Å². The number of hydroxylamine groups is 1. The quantitative estimate of drug-likeness (QED) is 0.671. The first kappa shape index (κ1) is 7.77. The molecule has 0 amide bonds. The fraction of sp³-hybridized carbons (Fsp3) is 0.400. The molecule has 12 heavy (non-hydrogen) atoms. The predicted molar refractivity (Wildman–Crippen MR) is 47.6 cm³/mol. The molecule has 1 atom stereocenters. The van der Waals surface area contributed by atoms with E-state index in [1.54, 1.807) is 7.11 Å². The van der Waals surface area contributed by atoms with Crippen LogP contribution < -0.4 is 5.48 Å². The number of rotatable bonds is 2. The van der Waals surface area contributed by atoms with Crippen LogP contribution in [0.4, 0.5) is 0 Å². The highest BCUT2D eigenvalue weighted by Gasteiger charge is 2.20. The van der Waals surface area contributed by atoms with Crippen molar-refractivity contribution in [3.05, 3.63) is 35.4 Å². The van der Waals surface area contributed by atoms with Gasteiger partial charge in [-0.25, -0.2) is 0 Å². The highest BCUT2D eigenvalue weighted by molar-refractivity contribution is 5.33. The van der Waals surface area contributed by atoms with E-state index >= 15 is 0 Å². The molecule has 1 aromatic carbocycles. The molecule has 0 spiro atoms. The minimum atomic E-state index is 0.395. The average Bonchev–Trinajstić information content (AvgIpc) is 2.50. The molecule has 0 aliphatic heterocycles. The second-order valence-corrected chi connectivity index (χ2v) is 3.11. The molecule has 0 aromatic heterocycles. The molecule has 2 nitrogen and oxygen atoms in total. The highest BCUT2D eigenvalue weighted by atomic mass is 16.6. The summed E-state index contributed by atoms with van der Waals surface area (Å²) in [5.74, 6) is 0. The number of nitrogens with one attached hydrogen (secondary N) is 1. The number of aryl methyl sites for hydroxylation is 1. The largest absolute Gasteiger partial charge is 0.305 e. The Kier molecular flexibility index (Phi) is 2.11. The number of hydrogen-bond acceptors (Lipinski definition) is 2. The van der Waals surface area contributed by atoms with Crippen LogP contribution in [0.5, 0.6) is 0 Å². The summed E-state index contributed by atoms with van der Waals surface area (Å²) < 4.78 is 0. The van der Waals surface area contributed by atoms with E-state index in [0.717, 1.165) is 12.8 Å². The van der Waals surface area contributed by atoms with Crippen LogP contribution in [0.15, 0.2) is 24.3 Å². The van der Waals surface area contributed by atoms with E-state index in [1.807, 2.05) is 0 Å². The lowest BCUT2D eigenvalue weighted by molar-refractivity contribution is 0.0610. The van der Waals surface area contributed by atoms with E-state index in [9.17, 15) is 0 Å². The Bertz CT molecular complexity index is 270. The van der Waals surface area contributed by atoms with Gasteiger partial charge in [-0.3, -0.25) is 0 Å². The summed E-state index contributed by atoms with van der Waals surface area (Å²) in [5.41, 5.74) is 5.84. The number of fused-ring (bicyclic) bond motifs is 1. The number of benzene rings is 1. The summed E-state index contributed by atoms with van der Waals surface area (Å²) in [7, 11) is 1.67. The first-order chi connectivity index (χ1) is 5.92. The van der Waals surface area contributed by atoms with Gasteiger partial charge >= 0.3 is 0 Å². The molecule has 0 bridgehead atoms. The van der Waals surface area contributed by atoms with Gasteiger partial charge in [0.2, 0.25) is 0 Å². The van der Waals surface area contributed by atoms with Crippen LogP contribution in [0.25, 0.3) is 0 Å². The third-order valence-corrected chi connectivity index (χ3v) is 2.39.